The first-order valence-corrected chi connectivity index (χ1v) is 11.3. The summed E-state index contributed by atoms with van der Waals surface area (Å²) < 4.78 is 16.4. The fourth-order valence-electron chi connectivity index (χ4n) is 2.32. The molecule has 8 nitrogen and oxygen atoms in total. The van der Waals surface area contributed by atoms with E-state index < -0.39 is 29.1 Å². The van der Waals surface area contributed by atoms with E-state index in [1.165, 1.54) is 14.0 Å². The highest BCUT2D eigenvalue weighted by atomic mass is 127. The summed E-state index contributed by atoms with van der Waals surface area (Å²) in [4.78, 5) is 49.2. The molecule has 1 heterocycles. The second-order valence-corrected chi connectivity index (χ2v) is 8.98. The van der Waals surface area contributed by atoms with Gasteiger partial charge in [0.2, 0.25) is 0 Å². The summed E-state index contributed by atoms with van der Waals surface area (Å²) in [6, 6.07) is 2.53. The number of nitrogens with zero attached hydrogens (tertiary/aromatic N) is 1. The zero-order chi connectivity index (χ0) is 21.7. The highest BCUT2D eigenvalue weighted by Gasteiger charge is 2.41. The molecule has 0 aliphatic carbocycles. The summed E-state index contributed by atoms with van der Waals surface area (Å²) in [5.41, 5.74) is 0.679. The molecule has 29 heavy (non-hydrogen) atoms. The first kappa shape index (κ1) is 23.9. The predicted octanol–water partition coefficient (Wildman–Crippen LogP) is 3.44. The molecule has 1 atom stereocenters. The fraction of sp³-hybridized carbons (Fsp3) is 0.333. The standard InChI is InChI=1S/C18H17I2NO7S/c1-4-27-17(24)9(2)21-16(23)13(29-18(21)25)7-10-5-11(19)15(12(20)6-10)28-8-14(22)26-3/h5-7,9H,4,8H2,1-3H3/b13-7+/t9-/m1/s1. The lowest BCUT2D eigenvalue weighted by Gasteiger charge is -2.19. The molecule has 1 fully saturated rings. The Bertz CT molecular complexity index is 864. The Kier molecular flexibility index (Phi) is 8.75. The Morgan fingerprint density at radius 2 is 1.86 bits per heavy atom. The highest BCUT2D eigenvalue weighted by molar-refractivity contribution is 14.1. The van der Waals surface area contributed by atoms with Crippen molar-refractivity contribution in [1.82, 2.24) is 4.90 Å². The van der Waals surface area contributed by atoms with Crippen LogP contribution in [0.25, 0.3) is 6.08 Å². The van der Waals surface area contributed by atoms with Gasteiger partial charge in [0.25, 0.3) is 11.1 Å². The van der Waals surface area contributed by atoms with E-state index in [9.17, 15) is 19.2 Å². The third-order valence-corrected chi connectivity index (χ3v) is 6.21. The molecule has 1 aromatic rings. The fourth-order valence-corrected chi connectivity index (χ4v) is 5.36. The van der Waals surface area contributed by atoms with E-state index >= 15 is 0 Å². The molecule has 0 bridgehead atoms. The monoisotopic (exact) mass is 645 g/mol. The van der Waals surface area contributed by atoms with Crippen molar-refractivity contribution < 1.29 is 33.4 Å². The van der Waals surface area contributed by atoms with Gasteiger partial charge in [-0.3, -0.25) is 14.5 Å². The van der Waals surface area contributed by atoms with Crippen molar-refractivity contribution in [3.05, 3.63) is 29.7 Å². The Balaban J connectivity index is 2.24. The summed E-state index contributed by atoms with van der Waals surface area (Å²) in [5, 5.41) is -0.524. The molecule has 0 aromatic heterocycles. The molecule has 0 radical (unpaired) electrons. The Hall–Kier alpha value is -1.35. The van der Waals surface area contributed by atoms with Crippen LogP contribution in [-0.4, -0.2) is 54.4 Å². The molecule has 0 saturated carbocycles. The lowest BCUT2D eigenvalue weighted by molar-refractivity contribution is -0.150. The van der Waals surface area contributed by atoms with E-state index in [0.29, 0.717) is 11.3 Å². The molecule has 0 spiro atoms. The largest absolute Gasteiger partial charge is 0.480 e. The molecular formula is C18H17I2NO7S. The minimum Gasteiger partial charge on any atom is -0.480 e. The highest BCUT2D eigenvalue weighted by Crippen LogP contribution is 2.35. The zero-order valence-electron chi connectivity index (χ0n) is 15.7. The lowest BCUT2D eigenvalue weighted by atomic mass is 10.2. The van der Waals surface area contributed by atoms with Gasteiger partial charge in [0.1, 0.15) is 11.8 Å². The van der Waals surface area contributed by atoms with E-state index in [-0.39, 0.29) is 18.1 Å². The number of hydrogen-bond acceptors (Lipinski definition) is 8. The molecule has 0 unspecified atom stereocenters. The van der Waals surface area contributed by atoms with Gasteiger partial charge in [-0.25, -0.2) is 9.59 Å². The van der Waals surface area contributed by atoms with Gasteiger partial charge >= 0.3 is 11.9 Å². The number of amides is 2. The number of imide groups is 1. The smallest absolute Gasteiger partial charge is 0.343 e. The van der Waals surface area contributed by atoms with Gasteiger partial charge in [-0.2, -0.15) is 0 Å². The van der Waals surface area contributed by atoms with Crippen LogP contribution in [0.4, 0.5) is 4.79 Å². The number of halogens is 2. The number of hydrogen-bond donors (Lipinski definition) is 0. The normalized spacial score (nSPS) is 16.2. The zero-order valence-corrected chi connectivity index (χ0v) is 20.8. The van der Waals surface area contributed by atoms with Crippen LogP contribution in [0.1, 0.15) is 19.4 Å². The predicted molar refractivity (Wildman–Crippen MR) is 123 cm³/mol. The minimum absolute atomic E-state index is 0.163. The molecule has 2 rings (SSSR count). The van der Waals surface area contributed by atoms with Crippen LogP contribution in [0.15, 0.2) is 17.0 Å². The number of esters is 2. The maximum Gasteiger partial charge on any atom is 0.343 e. The maximum atomic E-state index is 12.6. The molecule has 0 N–H and O–H groups in total. The second kappa shape index (κ2) is 10.6. The molecule has 1 aliphatic rings. The number of methoxy groups -OCH3 is 1. The SMILES string of the molecule is CCOC(=O)[C@@H](C)N1C(=O)S/C(=C/c2cc(I)c(OCC(=O)OC)c(I)c2)C1=O. The van der Waals surface area contributed by atoms with Crippen LogP contribution in [0.5, 0.6) is 5.75 Å². The summed E-state index contributed by atoms with van der Waals surface area (Å²) >= 11 is 4.88. The van der Waals surface area contributed by atoms with Crippen LogP contribution in [0, 0.1) is 7.14 Å². The lowest BCUT2D eigenvalue weighted by Crippen LogP contribution is -2.42. The quantitative estimate of drug-likeness (QED) is 0.253. The van der Waals surface area contributed by atoms with Crippen LogP contribution >= 0.6 is 56.9 Å². The second-order valence-electron chi connectivity index (χ2n) is 5.66. The number of carbonyl (C=O) groups is 4. The number of carbonyl (C=O) groups excluding carboxylic acids is 4. The van der Waals surface area contributed by atoms with Crippen molar-refractivity contribution in [3.8, 4) is 5.75 Å². The van der Waals surface area contributed by atoms with E-state index in [1.807, 2.05) is 0 Å². The van der Waals surface area contributed by atoms with Crippen molar-refractivity contribution >= 4 is 86.1 Å². The number of rotatable bonds is 7. The van der Waals surface area contributed by atoms with Gasteiger partial charge in [-0.15, -0.1) is 0 Å². The van der Waals surface area contributed by atoms with Gasteiger partial charge in [0.15, 0.2) is 6.61 Å². The van der Waals surface area contributed by atoms with Gasteiger partial charge in [-0.05, 0) is 94.6 Å². The maximum absolute atomic E-state index is 12.6. The van der Waals surface area contributed by atoms with Gasteiger partial charge in [0, 0.05) is 0 Å². The van der Waals surface area contributed by atoms with Crippen molar-refractivity contribution in [2.24, 2.45) is 0 Å². The molecule has 156 valence electrons. The Morgan fingerprint density at radius 1 is 1.24 bits per heavy atom. The molecule has 11 heteroatoms. The minimum atomic E-state index is -0.997. The van der Waals surface area contributed by atoms with Crippen LogP contribution in [0.3, 0.4) is 0 Å². The molecule has 1 aliphatic heterocycles. The third kappa shape index (κ3) is 5.84. The van der Waals surface area contributed by atoms with Gasteiger partial charge in [0.05, 0.1) is 25.8 Å². The summed E-state index contributed by atoms with van der Waals surface area (Å²) in [5.74, 6) is -1.15. The molecule has 2 amide bonds. The van der Waals surface area contributed by atoms with Crippen molar-refractivity contribution in [2.75, 3.05) is 20.3 Å². The Labute approximate surface area is 199 Å². The van der Waals surface area contributed by atoms with Crippen LogP contribution in [0.2, 0.25) is 0 Å². The summed E-state index contributed by atoms with van der Waals surface area (Å²) in [6.07, 6.45) is 1.58. The number of thioether (sulfide) groups is 1. The van der Waals surface area contributed by atoms with E-state index in [4.69, 9.17) is 9.47 Å². The number of ether oxygens (including phenoxy) is 3. The number of benzene rings is 1. The topological polar surface area (TPSA) is 99.2 Å². The van der Waals surface area contributed by atoms with Crippen LogP contribution < -0.4 is 4.74 Å². The van der Waals surface area contributed by atoms with Gasteiger partial charge < -0.3 is 14.2 Å². The van der Waals surface area contributed by atoms with E-state index in [2.05, 4.69) is 49.9 Å². The average Bonchev–Trinajstić information content (AvgIpc) is 2.93. The molecule has 1 saturated heterocycles. The van der Waals surface area contributed by atoms with E-state index in [1.54, 1.807) is 25.1 Å². The van der Waals surface area contributed by atoms with E-state index in [0.717, 1.165) is 23.8 Å². The first-order valence-electron chi connectivity index (χ1n) is 8.31. The van der Waals surface area contributed by atoms with Gasteiger partial charge in [-0.1, -0.05) is 0 Å². The summed E-state index contributed by atoms with van der Waals surface area (Å²) in [7, 11) is 1.28. The average molecular weight is 645 g/mol. The van der Waals surface area contributed by atoms with Crippen molar-refractivity contribution in [2.45, 2.75) is 19.9 Å². The third-order valence-electron chi connectivity index (χ3n) is 3.72. The molecule has 1 aromatic carbocycles. The van der Waals surface area contributed by atoms with Crippen LogP contribution in [-0.2, 0) is 23.9 Å². The van der Waals surface area contributed by atoms with Crippen molar-refractivity contribution in [1.29, 1.82) is 0 Å². The summed E-state index contributed by atoms with van der Waals surface area (Å²) in [6.45, 7) is 3.06. The van der Waals surface area contributed by atoms with Crippen molar-refractivity contribution in [3.63, 3.8) is 0 Å². The first-order chi connectivity index (χ1) is 13.7. The Morgan fingerprint density at radius 3 is 2.41 bits per heavy atom. The molecular weight excluding hydrogens is 628 g/mol.